The van der Waals surface area contributed by atoms with E-state index in [1.165, 1.54) is 19.3 Å². The Morgan fingerprint density at radius 1 is 1.55 bits per heavy atom. The van der Waals surface area contributed by atoms with E-state index in [0.29, 0.717) is 12.0 Å². The Bertz CT molecular complexity index is 486. The van der Waals surface area contributed by atoms with Crippen LogP contribution in [0.25, 0.3) is 0 Å². The summed E-state index contributed by atoms with van der Waals surface area (Å²) >= 11 is 0. The van der Waals surface area contributed by atoms with Gasteiger partial charge in [-0.2, -0.15) is 5.10 Å². The van der Waals surface area contributed by atoms with Gasteiger partial charge in [-0.05, 0) is 39.0 Å². The number of hydrogen-bond donors (Lipinski definition) is 1. The Labute approximate surface area is 121 Å². The number of anilines is 1. The van der Waals surface area contributed by atoms with Gasteiger partial charge in [0, 0.05) is 11.5 Å². The van der Waals surface area contributed by atoms with Crippen molar-refractivity contribution in [3.05, 3.63) is 11.9 Å². The molecule has 0 bridgehead atoms. The van der Waals surface area contributed by atoms with Gasteiger partial charge in [0.15, 0.2) is 0 Å². The van der Waals surface area contributed by atoms with Crippen LogP contribution in [0.1, 0.15) is 65.1 Å². The monoisotopic (exact) mass is 277 g/mol. The molecule has 4 nitrogen and oxygen atoms in total. The van der Waals surface area contributed by atoms with Gasteiger partial charge in [0.2, 0.25) is 5.91 Å². The minimum absolute atomic E-state index is 0.119. The highest BCUT2D eigenvalue weighted by Crippen LogP contribution is 2.42. The van der Waals surface area contributed by atoms with Crippen LogP contribution in [0.15, 0.2) is 6.20 Å². The molecule has 0 saturated heterocycles. The molecular formula is C16H27N3O. The summed E-state index contributed by atoms with van der Waals surface area (Å²) in [6, 6.07) is 0.361. The van der Waals surface area contributed by atoms with Gasteiger partial charge in [0.25, 0.3) is 0 Å². The Balaban J connectivity index is 2.10. The van der Waals surface area contributed by atoms with Crippen molar-refractivity contribution >= 4 is 11.6 Å². The second-order valence-corrected chi connectivity index (χ2v) is 6.65. The molecule has 112 valence electrons. The summed E-state index contributed by atoms with van der Waals surface area (Å²) in [6.07, 6.45) is 6.41. The van der Waals surface area contributed by atoms with E-state index in [4.69, 9.17) is 0 Å². The smallest absolute Gasteiger partial charge is 0.230 e. The lowest BCUT2D eigenvalue weighted by atomic mass is 9.67. The molecule has 1 aromatic heterocycles. The van der Waals surface area contributed by atoms with Crippen LogP contribution in [-0.2, 0) is 4.79 Å². The highest BCUT2D eigenvalue weighted by molar-refractivity contribution is 5.95. The minimum Gasteiger partial charge on any atom is -0.323 e. The molecule has 1 aromatic rings. The molecule has 0 aliphatic heterocycles. The standard InChI is InChI=1S/C16H27N3O/c1-6-11(2)19-12(3)14(10-17-19)18-15(20)16(4,5)13-8-7-9-13/h10-11,13H,6-9H2,1-5H3,(H,18,20)/t11-/m0/s1. The molecule has 1 aliphatic rings. The Morgan fingerprint density at radius 2 is 2.20 bits per heavy atom. The maximum atomic E-state index is 12.5. The van der Waals surface area contributed by atoms with Crippen molar-refractivity contribution in [2.75, 3.05) is 5.32 Å². The summed E-state index contributed by atoms with van der Waals surface area (Å²) in [4.78, 5) is 12.5. The van der Waals surface area contributed by atoms with E-state index in [1.54, 1.807) is 6.20 Å². The maximum absolute atomic E-state index is 12.5. The summed E-state index contributed by atoms with van der Waals surface area (Å²) in [7, 11) is 0. The van der Waals surface area contributed by atoms with Crippen LogP contribution >= 0.6 is 0 Å². The fraction of sp³-hybridized carbons (Fsp3) is 0.750. The van der Waals surface area contributed by atoms with E-state index in [-0.39, 0.29) is 11.3 Å². The number of aromatic nitrogens is 2. The number of amides is 1. The maximum Gasteiger partial charge on any atom is 0.230 e. The van der Waals surface area contributed by atoms with Gasteiger partial charge >= 0.3 is 0 Å². The van der Waals surface area contributed by atoms with E-state index >= 15 is 0 Å². The molecule has 4 heteroatoms. The highest BCUT2D eigenvalue weighted by Gasteiger charge is 2.40. The molecule has 1 N–H and O–H groups in total. The predicted octanol–water partition coefficient (Wildman–Crippen LogP) is 3.93. The third kappa shape index (κ3) is 2.60. The largest absolute Gasteiger partial charge is 0.323 e. The number of rotatable bonds is 5. The van der Waals surface area contributed by atoms with Gasteiger partial charge in [0.05, 0.1) is 17.6 Å². The molecule has 0 aromatic carbocycles. The topological polar surface area (TPSA) is 46.9 Å². The zero-order valence-electron chi connectivity index (χ0n) is 13.4. The predicted molar refractivity (Wildman–Crippen MR) is 81.7 cm³/mol. The number of carbonyl (C=O) groups is 1. The second-order valence-electron chi connectivity index (χ2n) is 6.65. The molecule has 1 amide bonds. The lowest BCUT2D eigenvalue weighted by Crippen LogP contribution is -2.40. The van der Waals surface area contributed by atoms with E-state index in [2.05, 4.69) is 38.1 Å². The van der Waals surface area contributed by atoms with Crippen LogP contribution in [-0.4, -0.2) is 15.7 Å². The first kappa shape index (κ1) is 15.1. The molecular weight excluding hydrogens is 250 g/mol. The number of nitrogens with zero attached hydrogens (tertiary/aromatic N) is 2. The number of nitrogens with one attached hydrogen (secondary N) is 1. The lowest BCUT2D eigenvalue weighted by molar-refractivity contribution is -0.128. The number of hydrogen-bond acceptors (Lipinski definition) is 2. The Kier molecular flexibility index (Phi) is 4.21. The average molecular weight is 277 g/mol. The zero-order chi connectivity index (χ0) is 14.9. The fourth-order valence-corrected chi connectivity index (χ4v) is 2.76. The third-order valence-corrected chi connectivity index (χ3v) is 5.01. The van der Waals surface area contributed by atoms with Crippen LogP contribution in [0.2, 0.25) is 0 Å². The van der Waals surface area contributed by atoms with Crippen molar-refractivity contribution in [1.82, 2.24) is 9.78 Å². The van der Waals surface area contributed by atoms with Crippen molar-refractivity contribution < 1.29 is 4.79 Å². The summed E-state index contributed by atoms with van der Waals surface area (Å²) in [6.45, 7) is 10.4. The number of carbonyl (C=O) groups excluding carboxylic acids is 1. The van der Waals surface area contributed by atoms with Crippen LogP contribution in [0, 0.1) is 18.3 Å². The van der Waals surface area contributed by atoms with Gasteiger partial charge in [-0.15, -0.1) is 0 Å². The van der Waals surface area contributed by atoms with Crippen LogP contribution in [0.3, 0.4) is 0 Å². The first-order chi connectivity index (χ1) is 9.37. The molecule has 2 rings (SSSR count). The van der Waals surface area contributed by atoms with Crippen molar-refractivity contribution in [2.45, 2.75) is 66.3 Å². The summed E-state index contributed by atoms with van der Waals surface area (Å²) in [5.74, 6) is 0.640. The van der Waals surface area contributed by atoms with Crippen molar-refractivity contribution in [2.24, 2.45) is 11.3 Å². The fourth-order valence-electron chi connectivity index (χ4n) is 2.76. The molecule has 1 atom stereocenters. The van der Waals surface area contributed by atoms with E-state index < -0.39 is 0 Å². The second kappa shape index (κ2) is 5.58. The first-order valence-electron chi connectivity index (χ1n) is 7.73. The Hall–Kier alpha value is -1.32. The van der Waals surface area contributed by atoms with Crippen LogP contribution in [0.5, 0.6) is 0 Å². The lowest BCUT2D eigenvalue weighted by Gasteiger charge is -2.38. The summed E-state index contributed by atoms with van der Waals surface area (Å²) < 4.78 is 1.99. The average Bonchev–Trinajstić information content (AvgIpc) is 2.67. The van der Waals surface area contributed by atoms with Crippen molar-refractivity contribution in [3.63, 3.8) is 0 Å². The third-order valence-electron chi connectivity index (χ3n) is 5.01. The molecule has 0 spiro atoms. The molecule has 20 heavy (non-hydrogen) atoms. The molecule has 1 aliphatic carbocycles. The van der Waals surface area contributed by atoms with E-state index in [1.807, 2.05) is 11.6 Å². The van der Waals surface area contributed by atoms with Gasteiger partial charge in [-0.25, -0.2) is 0 Å². The van der Waals surface area contributed by atoms with Crippen molar-refractivity contribution in [1.29, 1.82) is 0 Å². The summed E-state index contributed by atoms with van der Waals surface area (Å²) in [5, 5.41) is 7.48. The van der Waals surface area contributed by atoms with E-state index in [9.17, 15) is 4.79 Å². The quantitative estimate of drug-likeness (QED) is 0.886. The normalized spacial score (nSPS) is 17.6. The van der Waals surface area contributed by atoms with E-state index in [0.717, 1.165) is 17.8 Å². The van der Waals surface area contributed by atoms with Gasteiger partial charge in [-0.1, -0.05) is 27.2 Å². The molecule has 1 heterocycles. The van der Waals surface area contributed by atoms with Crippen molar-refractivity contribution in [3.8, 4) is 0 Å². The van der Waals surface area contributed by atoms with Crippen LogP contribution < -0.4 is 5.32 Å². The SMILES string of the molecule is CC[C@H](C)n1ncc(NC(=O)C(C)(C)C2CCC2)c1C. The van der Waals surface area contributed by atoms with Gasteiger partial charge < -0.3 is 5.32 Å². The first-order valence-corrected chi connectivity index (χ1v) is 7.73. The Morgan fingerprint density at radius 3 is 2.70 bits per heavy atom. The van der Waals surface area contributed by atoms with Gasteiger partial charge in [-0.3, -0.25) is 9.48 Å². The van der Waals surface area contributed by atoms with Crippen LogP contribution in [0.4, 0.5) is 5.69 Å². The molecule has 0 unspecified atom stereocenters. The summed E-state index contributed by atoms with van der Waals surface area (Å²) in [5.41, 5.74) is 1.60. The molecule has 0 radical (unpaired) electrons. The zero-order valence-corrected chi connectivity index (χ0v) is 13.4. The molecule has 1 fully saturated rings. The highest BCUT2D eigenvalue weighted by atomic mass is 16.2. The molecule has 1 saturated carbocycles. The minimum atomic E-state index is -0.289. The van der Waals surface area contributed by atoms with Gasteiger partial charge in [0.1, 0.15) is 0 Å².